The van der Waals surface area contributed by atoms with E-state index in [4.69, 9.17) is 37.9 Å². The van der Waals surface area contributed by atoms with Crippen molar-refractivity contribution in [2.45, 2.75) is 44.2 Å². The van der Waals surface area contributed by atoms with Crippen molar-refractivity contribution in [2.75, 3.05) is 28.1 Å². The second kappa shape index (κ2) is 9.76. The van der Waals surface area contributed by atoms with Gasteiger partial charge in [-0.15, -0.1) is 0 Å². The van der Waals surface area contributed by atoms with Crippen LogP contribution in [0.5, 0.6) is 28.7 Å². The fourth-order valence-corrected chi connectivity index (χ4v) is 5.38. The number of aliphatic hydroxyl groups excluding tert-OH is 2. The minimum atomic E-state index is -1.32. The van der Waals surface area contributed by atoms with E-state index < -0.39 is 36.7 Å². The molecule has 3 aliphatic heterocycles. The minimum absolute atomic E-state index is 0.0555. The highest BCUT2D eigenvalue weighted by Crippen LogP contribution is 2.49. The predicted octanol–water partition coefficient (Wildman–Crippen LogP) is 2.78. The standard InChI is InChI=1S/C28H28O11/c1-12-23(29)26(34-4)24(30)28(38-12)39-25-15-9-19(33-3)18(32-2)8-14(15)21(22-16(25)10-35-27(22)31)13-5-6-17-20(7-13)37-11-36-17/h5-9,12,23-24,26,28-30H,10-11H2,1-4H3. The van der Waals surface area contributed by atoms with Gasteiger partial charge in [-0.1, -0.05) is 6.07 Å². The Kier molecular flexibility index (Phi) is 6.38. The summed E-state index contributed by atoms with van der Waals surface area (Å²) in [4.78, 5) is 13.2. The third-order valence-corrected chi connectivity index (χ3v) is 7.36. The van der Waals surface area contributed by atoms with Gasteiger partial charge >= 0.3 is 5.97 Å². The Morgan fingerprint density at radius 3 is 2.31 bits per heavy atom. The van der Waals surface area contributed by atoms with Crippen molar-refractivity contribution in [1.29, 1.82) is 0 Å². The van der Waals surface area contributed by atoms with E-state index in [0.29, 0.717) is 56.0 Å². The summed E-state index contributed by atoms with van der Waals surface area (Å²) in [6, 6.07) is 8.93. The van der Waals surface area contributed by atoms with Gasteiger partial charge in [-0.05, 0) is 42.1 Å². The van der Waals surface area contributed by atoms with Crippen molar-refractivity contribution in [3.8, 4) is 39.9 Å². The maximum atomic E-state index is 13.2. The Hall–Kier alpha value is -3.77. The summed E-state index contributed by atoms with van der Waals surface area (Å²) >= 11 is 0. The lowest BCUT2D eigenvalue weighted by Crippen LogP contribution is -2.59. The summed E-state index contributed by atoms with van der Waals surface area (Å²) in [5.74, 6) is 1.78. The van der Waals surface area contributed by atoms with Crippen molar-refractivity contribution in [3.63, 3.8) is 0 Å². The molecule has 0 saturated carbocycles. The molecule has 1 fully saturated rings. The van der Waals surface area contributed by atoms with Crippen molar-refractivity contribution >= 4 is 16.7 Å². The molecular weight excluding hydrogens is 512 g/mol. The Morgan fingerprint density at radius 2 is 1.59 bits per heavy atom. The molecule has 3 aromatic carbocycles. The van der Waals surface area contributed by atoms with Gasteiger partial charge in [0.05, 0.1) is 25.9 Å². The van der Waals surface area contributed by atoms with E-state index >= 15 is 0 Å². The van der Waals surface area contributed by atoms with E-state index in [1.54, 1.807) is 31.2 Å². The van der Waals surface area contributed by atoms with Crippen LogP contribution in [0.1, 0.15) is 22.8 Å². The number of ether oxygens (including phenoxy) is 8. The Balaban J connectivity index is 1.59. The van der Waals surface area contributed by atoms with Gasteiger partial charge in [0.15, 0.2) is 23.0 Å². The molecule has 0 amide bonds. The van der Waals surface area contributed by atoms with Crippen LogP contribution < -0.4 is 23.7 Å². The van der Waals surface area contributed by atoms with Crippen LogP contribution in [0.3, 0.4) is 0 Å². The molecule has 0 bridgehead atoms. The molecule has 3 heterocycles. The molecule has 3 aliphatic rings. The summed E-state index contributed by atoms with van der Waals surface area (Å²) in [7, 11) is 4.43. The SMILES string of the molecule is COc1cc2c(OC3OC(C)C(O)C(OC)C3O)c3c(c(-c4ccc5c(c4)OCO5)c2cc1OC)C(=O)OC3. The molecule has 0 aromatic heterocycles. The maximum absolute atomic E-state index is 13.2. The van der Waals surface area contributed by atoms with Crippen molar-refractivity contribution in [2.24, 2.45) is 0 Å². The number of fused-ring (bicyclic) bond motifs is 3. The lowest BCUT2D eigenvalue weighted by molar-refractivity contribution is -0.272. The average molecular weight is 541 g/mol. The van der Waals surface area contributed by atoms with E-state index in [-0.39, 0.29) is 19.1 Å². The lowest BCUT2D eigenvalue weighted by atomic mass is 9.89. The number of cyclic esters (lactones) is 1. The molecule has 11 nitrogen and oxygen atoms in total. The highest BCUT2D eigenvalue weighted by Gasteiger charge is 2.45. The summed E-state index contributed by atoms with van der Waals surface area (Å²) < 4.78 is 45.2. The Bertz CT molecular complexity index is 1450. The number of hydrogen-bond donors (Lipinski definition) is 2. The summed E-state index contributed by atoms with van der Waals surface area (Å²) in [5.41, 5.74) is 2.09. The summed E-state index contributed by atoms with van der Waals surface area (Å²) in [6.07, 6.45) is -5.23. The zero-order valence-electron chi connectivity index (χ0n) is 21.8. The van der Waals surface area contributed by atoms with Gasteiger partial charge in [-0.3, -0.25) is 0 Å². The second-order valence-electron chi connectivity index (χ2n) is 9.46. The molecule has 1 saturated heterocycles. The molecule has 206 valence electrons. The molecule has 0 aliphatic carbocycles. The third-order valence-electron chi connectivity index (χ3n) is 7.36. The first-order valence-corrected chi connectivity index (χ1v) is 12.4. The normalized spacial score (nSPS) is 25.4. The van der Waals surface area contributed by atoms with E-state index in [9.17, 15) is 15.0 Å². The molecule has 0 spiro atoms. The molecular formula is C28H28O11. The summed E-state index contributed by atoms with van der Waals surface area (Å²) in [6.45, 7) is 1.71. The topological polar surface area (TPSA) is 131 Å². The predicted molar refractivity (Wildman–Crippen MR) is 136 cm³/mol. The van der Waals surface area contributed by atoms with Crippen LogP contribution in [0.2, 0.25) is 0 Å². The number of carbonyl (C=O) groups is 1. The summed E-state index contributed by atoms with van der Waals surface area (Å²) in [5, 5.41) is 22.6. The van der Waals surface area contributed by atoms with Crippen molar-refractivity contribution < 1.29 is 52.9 Å². The lowest BCUT2D eigenvalue weighted by Gasteiger charge is -2.40. The van der Waals surface area contributed by atoms with E-state index in [2.05, 4.69) is 0 Å². The number of carbonyl (C=O) groups excluding carboxylic acids is 1. The number of benzene rings is 3. The smallest absolute Gasteiger partial charge is 0.339 e. The largest absolute Gasteiger partial charge is 0.493 e. The first-order chi connectivity index (χ1) is 18.9. The Morgan fingerprint density at radius 1 is 0.872 bits per heavy atom. The van der Waals surface area contributed by atoms with Gasteiger partial charge in [0.1, 0.15) is 30.7 Å². The van der Waals surface area contributed by atoms with Crippen LogP contribution in [0.15, 0.2) is 30.3 Å². The number of aliphatic hydroxyl groups is 2. The molecule has 39 heavy (non-hydrogen) atoms. The van der Waals surface area contributed by atoms with Gasteiger partial charge < -0.3 is 48.1 Å². The molecule has 6 rings (SSSR count). The highest BCUT2D eigenvalue weighted by molar-refractivity contribution is 6.14. The average Bonchev–Trinajstić information content (AvgIpc) is 3.57. The molecule has 5 unspecified atom stereocenters. The molecule has 0 radical (unpaired) electrons. The number of methoxy groups -OCH3 is 3. The zero-order valence-corrected chi connectivity index (χ0v) is 21.8. The first-order valence-electron chi connectivity index (χ1n) is 12.4. The highest BCUT2D eigenvalue weighted by atomic mass is 16.7. The van der Waals surface area contributed by atoms with E-state index in [1.165, 1.54) is 21.3 Å². The van der Waals surface area contributed by atoms with Gasteiger partial charge in [-0.25, -0.2) is 4.79 Å². The zero-order chi connectivity index (χ0) is 27.4. The number of rotatable bonds is 6. The molecule has 11 heteroatoms. The molecule has 2 N–H and O–H groups in total. The quantitative estimate of drug-likeness (QED) is 0.448. The van der Waals surface area contributed by atoms with Crippen LogP contribution in [0.4, 0.5) is 0 Å². The fraction of sp³-hybridized carbons (Fsp3) is 0.393. The number of esters is 1. The van der Waals surface area contributed by atoms with Crippen LogP contribution in [-0.4, -0.2) is 75.0 Å². The van der Waals surface area contributed by atoms with Crippen LogP contribution in [-0.2, 0) is 20.8 Å². The van der Waals surface area contributed by atoms with Crippen LogP contribution in [0.25, 0.3) is 21.9 Å². The van der Waals surface area contributed by atoms with Crippen molar-refractivity contribution in [3.05, 3.63) is 41.5 Å². The van der Waals surface area contributed by atoms with Crippen LogP contribution >= 0.6 is 0 Å². The van der Waals surface area contributed by atoms with Crippen LogP contribution in [0, 0.1) is 0 Å². The van der Waals surface area contributed by atoms with Gasteiger partial charge in [-0.2, -0.15) is 0 Å². The Labute approximate surface area is 223 Å². The van der Waals surface area contributed by atoms with E-state index in [0.717, 1.165) is 0 Å². The number of hydrogen-bond acceptors (Lipinski definition) is 11. The third kappa shape index (κ3) is 4.00. The maximum Gasteiger partial charge on any atom is 0.339 e. The minimum Gasteiger partial charge on any atom is -0.493 e. The van der Waals surface area contributed by atoms with E-state index in [1.807, 2.05) is 6.07 Å². The monoisotopic (exact) mass is 540 g/mol. The molecule has 3 aromatic rings. The molecule has 5 atom stereocenters. The van der Waals surface area contributed by atoms with Crippen molar-refractivity contribution in [1.82, 2.24) is 0 Å². The van der Waals surface area contributed by atoms with Gasteiger partial charge in [0, 0.05) is 23.6 Å². The second-order valence-corrected chi connectivity index (χ2v) is 9.46. The van der Waals surface area contributed by atoms with Gasteiger partial charge in [0.25, 0.3) is 0 Å². The fourth-order valence-electron chi connectivity index (χ4n) is 5.38. The first kappa shape index (κ1) is 25.5. The van der Waals surface area contributed by atoms with Gasteiger partial charge in [0.2, 0.25) is 13.1 Å².